The summed E-state index contributed by atoms with van der Waals surface area (Å²) in [5.41, 5.74) is 11.2. The van der Waals surface area contributed by atoms with Gasteiger partial charge in [0.2, 0.25) is 5.91 Å². The number of nitrogens with zero attached hydrogens (tertiary/aromatic N) is 4. The molecule has 152 valence electrons. The average Bonchev–Trinajstić information content (AvgIpc) is 3.45. The van der Waals surface area contributed by atoms with E-state index in [4.69, 9.17) is 5.73 Å². The smallest absolute Gasteiger partial charge is 0.219 e. The van der Waals surface area contributed by atoms with Crippen molar-refractivity contribution in [3.63, 3.8) is 0 Å². The molecular formula is C22H28N6O. The molecule has 1 amide bonds. The number of aryl methyl sites for hydroxylation is 1. The fourth-order valence-corrected chi connectivity index (χ4v) is 3.53. The van der Waals surface area contributed by atoms with E-state index in [1.54, 1.807) is 11.6 Å². The van der Waals surface area contributed by atoms with E-state index in [1.165, 1.54) is 12.8 Å². The Hall–Kier alpha value is -3.09. The molecule has 0 atom stereocenters. The molecule has 0 spiro atoms. The van der Waals surface area contributed by atoms with E-state index in [-0.39, 0.29) is 5.91 Å². The fourth-order valence-electron chi connectivity index (χ4n) is 3.53. The van der Waals surface area contributed by atoms with Crippen LogP contribution in [-0.4, -0.2) is 46.1 Å². The first-order chi connectivity index (χ1) is 14.0. The number of nitrogens with one attached hydrogen (secondary N) is 1. The van der Waals surface area contributed by atoms with Crippen LogP contribution in [0.15, 0.2) is 52.8 Å². The molecular weight excluding hydrogens is 364 g/mol. The number of amidine groups is 1. The maximum Gasteiger partial charge on any atom is 0.219 e. The highest BCUT2D eigenvalue weighted by Crippen LogP contribution is 2.29. The van der Waals surface area contributed by atoms with Crippen molar-refractivity contribution in [2.24, 2.45) is 23.7 Å². The van der Waals surface area contributed by atoms with Crippen LogP contribution in [0.4, 0.5) is 5.69 Å². The van der Waals surface area contributed by atoms with Crippen LogP contribution in [0.3, 0.4) is 0 Å². The number of carbonyl (C=O) groups is 1. The summed E-state index contributed by atoms with van der Waals surface area (Å²) in [6.45, 7) is 3.80. The predicted molar refractivity (Wildman–Crippen MR) is 115 cm³/mol. The van der Waals surface area contributed by atoms with Gasteiger partial charge in [-0.2, -0.15) is 5.10 Å². The normalized spacial score (nSPS) is 17.6. The van der Waals surface area contributed by atoms with Crippen LogP contribution in [-0.2, 0) is 11.8 Å². The molecule has 1 aromatic heterocycles. The monoisotopic (exact) mass is 392 g/mol. The van der Waals surface area contributed by atoms with E-state index >= 15 is 0 Å². The first kappa shape index (κ1) is 19.2. The zero-order valence-corrected chi connectivity index (χ0v) is 17.1. The number of rotatable bonds is 6. The zero-order valence-electron chi connectivity index (χ0n) is 17.1. The first-order valence-corrected chi connectivity index (χ1v) is 10.2. The molecule has 1 aliphatic carbocycles. The highest BCUT2D eigenvalue weighted by atomic mass is 16.2. The second-order valence-corrected chi connectivity index (χ2v) is 7.89. The molecule has 3 N–H and O–H groups in total. The van der Waals surface area contributed by atoms with E-state index < -0.39 is 0 Å². The number of benzene rings is 1. The van der Waals surface area contributed by atoms with Crippen molar-refractivity contribution in [3.05, 3.63) is 47.8 Å². The Balaban J connectivity index is 1.55. The molecule has 1 aliphatic heterocycles. The van der Waals surface area contributed by atoms with Gasteiger partial charge < -0.3 is 16.0 Å². The number of amides is 1. The van der Waals surface area contributed by atoms with Crippen molar-refractivity contribution in [2.75, 3.05) is 19.6 Å². The topological polar surface area (TPSA) is 88.5 Å². The van der Waals surface area contributed by atoms with Crippen molar-refractivity contribution in [1.82, 2.24) is 20.0 Å². The lowest BCUT2D eigenvalue weighted by molar-refractivity contribution is -0.128. The molecule has 1 saturated carbocycles. The van der Waals surface area contributed by atoms with Gasteiger partial charge in [-0.1, -0.05) is 12.1 Å². The van der Waals surface area contributed by atoms with Gasteiger partial charge in [-0.25, -0.2) is 4.99 Å². The maximum atomic E-state index is 11.9. The van der Waals surface area contributed by atoms with Crippen molar-refractivity contribution in [1.29, 1.82) is 0 Å². The van der Waals surface area contributed by atoms with Crippen molar-refractivity contribution in [3.8, 4) is 11.3 Å². The fraction of sp³-hybridized carbons (Fsp3) is 0.409. The largest absolute Gasteiger partial charge is 0.388 e. The summed E-state index contributed by atoms with van der Waals surface area (Å²) in [6.07, 6.45) is 5.30. The minimum atomic E-state index is 0.0660. The van der Waals surface area contributed by atoms with E-state index in [9.17, 15) is 4.79 Å². The van der Waals surface area contributed by atoms with Crippen molar-refractivity contribution in [2.45, 2.75) is 26.2 Å². The predicted octanol–water partition coefficient (Wildman–Crippen LogP) is 2.58. The average molecular weight is 393 g/mol. The van der Waals surface area contributed by atoms with E-state index in [1.807, 2.05) is 48.5 Å². The molecule has 0 radical (unpaired) electrons. The van der Waals surface area contributed by atoms with Crippen molar-refractivity contribution < 1.29 is 4.79 Å². The molecule has 7 nitrogen and oxygen atoms in total. The van der Waals surface area contributed by atoms with Gasteiger partial charge in [0.05, 0.1) is 17.9 Å². The second-order valence-electron chi connectivity index (χ2n) is 7.89. The SMILES string of the molecule is CC(=O)N1CCC(NCC2CC2)=C(C(N)=Nc2ccc(-c3ccn(C)n3)cc2)C1. The first-order valence-electron chi connectivity index (χ1n) is 10.2. The molecule has 1 fully saturated rings. The number of aliphatic imine (C=N–C) groups is 1. The van der Waals surface area contributed by atoms with Crippen LogP contribution in [0.1, 0.15) is 26.2 Å². The second kappa shape index (κ2) is 8.11. The Morgan fingerprint density at radius 1 is 1.28 bits per heavy atom. The van der Waals surface area contributed by atoms with Crippen LogP contribution >= 0.6 is 0 Å². The Bertz CT molecular complexity index is 952. The van der Waals surface area contributed by atoms with Gasteiger partial charge >= 0.3 is 0 Å². The van der Waals surface area contributed by atoms with Gasteiger partial charge in [-0.15, -0.1) is 0 Å². The van der Waals surface area contributed by atoms with Gasteiger partial charge in [0.15, 0.2) is 0 Å². The third kappa shape index (κ3) is 4.67. The minimum absolute atomic E-state index is 0.0660. The standard InChI is InChI=1S/C22H28N6O/c1-15(29)28-12-10-21(24-13-16-3-4-16)19(14-28)22(23)25-18-7-5-17(6-8-18)20-9-11-27(2)26-20/h5-9,11,16,24H,3-4,10,12-14H2,1-2H3,(H2,23,25). The highest BCUT2D eigenvalue weighted by Gasteiger charge is 2.26. The van der Waals surface area contributed by atoms with E-state index in [2.05, 4.69) is 15.4 Å². The van der Waals surface area contributed by atoms with Gasteiger partial charge in [0, 0.05) is 56.5 Å². The number of carbonyl (C=O) groups excluding carboxylic acids is 1. The van der Waals surface area contributed by atoms with Crippen LogP contribution in [0.25, 0.3) is 11.3 Å². The number of hydrogen-bond acceptors (Lipinski definition) is 4. The molecule has 1 aromatic carbocycles. The van der Waals surface area contributed by atoms with Crippen LogP contribution in [0.2, 0.25) is 0 Å². The number of hydrogen-bond donors (Lipinski definition) is 2. The quantitative estimate of drug-likeness (QED) is 0.584. The summed E-state index contributed by atoms with van der Waals surface area (Å²) in [5, 5.41) is 7.99. The maximum absolute atomic E-state index is 11.9. The Labute approximate surface area is 171 Å². The molecule has 2 aromatic rings. The van der Waals surface area contributed by atoms with Crippen molar-refractivity contribution >= 4 is 17.4 Å². The third-order valence-electron chi connectivity index (χ3n) is 5.53. The molecule has 0 saturated heterocycles. The van der Waals surface area contributed by atoms with Gasteiger partial charge in [0.25, 0.3) is 0 Å². The van der Waals surface area contributed by atoms with Crippen LogP contribution < -0.4 is 11.1 Å². The summed E-state index contributed by atoms with van der Waals surface area (Å²) in [6, 6.07) is 9.86. The van der Waals surface area contributed by atoms with Crippen LogP contribution in [0.5, 0.6) is 0 Å². The van der Waals surface area contributed by atoms with Gasteiger partial charge in [-0.3, -0.25) is 9.48 Å². The molecule has 2 aliphatic rings. The molecule has 0 bridgehead atoms. The van der Waals surface area contributed by atoms with Gasteiger partial charge in [0.1, 0.15) is 5.84 Å². The lowest BCUT2D eigenvalue weighted by atomic mass is 10.0. The summed E-state index contributed by atoms with van der Waals surface area (Å²) in [7, 11) is 1.90. The minimum Gasteiger partial charge on any atom is -0.388 e. The molecule has 0 unspecified atom stereocenters. The van der Waals surface area contributed by atoms with Gasteiger partial charge in [-0.05, 0) is 37.0 Å². The summed E-state index contributed by atoms with van der Waals surface area (Å²) < 4.78 is 1.78. The Morgan fingerprint density at radius 2 is 2.03 bits per heavy atom. The molecule has 7 heteroatoms. The summed E-state index contributed by atoms with van der Waals surface area (Å²) >= 11 is 0. The number of aromatic nitrogens is 2. The van der Waals surface area contributed by atoms with E-state index in [0.717, 1.165) is 53.6 Å². The lowest BCUT2D eigenvalue weighted by Crippen LogP contribution is -2.41. The highest BCUT2D eigenvalue weighted by molar-refractivity contribution is 6.00. The molecule has 4 rings (SSSR count). The third-order valence-corrected chi connectivity index (χ3v) is 5.53. The molecule has 2 heterocycles. The number of nitrogens with two attached hydrogens (primary N) is 1. The molecule has 29 heavy (non-hydrogen) atoms. The zero-order chi connectivity index (χ0) is 20.4. The summed E-state index contributed by atoms with van der Waals surface area (Å²) in [4.78, 5) is 18.3. The van der Waals surface area contributed by atoms with Crippen LogP contribution in [0, 0.1) is 5.92 Å². The van der Waals surface area contributed by atoms with E-state index in [0.29, 0.717) is 12.4 Å². The lowest BCUT2D eigenvalue weighted by Gasteiger charge is -2.30. The Kier molecular flexibility index (Phi) is 5.38. The summed E-state index contributed by atoms with van der Waals surface area (Å²) in [5.74, 6) is 1.31. The Morgan fingerprint density at radius 3 is 2.66 bits per heavy atom.